The molecule has 0 aromatic carbocycles. The molecule has 0 radical (unpaired) electrons. The molecule has 0 heterocycles. The van der Waals surface area contributed by atoms with E-state index < -0.39 is 12.4 Å². The summed E-state index contributed by atoms with van der Waals surface area (Å²) in [6.45, 7) is 3.42. The average molecular weight is 120 g/mol. The Labute approximate surface area is 48.6 Å². The van der Waals surface area contributed by atoms with Crippen molar-refractivity contribution in [2.45, 2.75) is 26.2 Å². The van der Waals surface area contributed by atoms with Crippen LogP contribution in [0.2, 0.25) is 0 Å². The molecule has 8 heavy (non-hydrogen) atoms. The predicted octanol–water partition coefficient (Wildman–Crippen LogP) is -0.686. The van der Waals surface area contributed by atoms with Crippen molar-refractivity contribution >= 4 is 0 Å². The van der Waals surface area contributed by atoms with Gasteiger partial charge in [-0.2, -0.15) is 0 Å². The predicted molar refractivity (Wildman–Crippen MR) is 29.1 cm³/mol. The van der Waals surface area contributed by atoms with E-state index in [9.17, 15) is 0 Å². The van der Waals surface area contributed by atoms with E-state index in [2.05, 4.69) is 0 Å². The molecule has 3 N–H and O–H groups in total. The second-order valence-corrected chi connectivity index (χ2v) is 2.15. The Morgan fingerprint density at radius 1 is 1.00 bits per heavy atom. The zero-order chi connectivity index (χ0) is 6.73. The van der Waals surface area contributed by atoms with Gasteiger partial charge in [-0.3, -0.25) is 0 Å². The summed E-state index contributed by atoms with van der Waals surface area (Å²) in [5.74, 6) is -0.102. The van der Waals surface area contributed by atoms with Gasteiger partial charge in [0.05, 0.1) is 0 Å². The molecular formula is C5H12O3. The molecule has 0 spiro atoms. The molecule has 0 aliphatic heterocycles. The Balaban J connectivity index is 3.46. The van der Waals surface area contributed by atoms with Gasteiger partial charge in [0, 0.05) is 0 Å². The second kappa shape index (κ2) is 3.02. The van der Waals surface area contributed by atoms with Gasteiger partial charge >= 0.3 is 0 Å². The first kappa shape index (κ1) is 7.88. The van der Waals surface area contributed by atoms with Crippen LogP contribution in [0.5, 0.6) is 0 Å². The van der Waals surface area contributed by atoms with Crippen molar-refractivity contribution in [1.29, 1.82) is 0 Å². The first-order valence-corrected chi connectivity index (χ1v) is 2.60. The molecule has 0 bridgehead atoms. The molecular weight excluding hydrogens is 108 g/mol. The van der Waals surface area contributed by atoms with E-state index in [0.29, 0.717) is 0 Å². The molecule has 0 saturated heterocycles. The Morgan fingerprint density at radius 2 is 1.38 bits per heavy atom. The lowest BCUT2D eigenvalue weighted by Gasteiger charge is -2.15. The van der Waals surface area contributed by atoms with E-state index in [1.54, 1.807) is 13.8 Å². The number of hydrogen-bond acceptors (Lipinski definition) is 3. The van der Waals surface area contributed by atoms with Crippen molar-refractivity contribution in [1.82, 2.24) is 0 Å². The molecule has 1 unspecified atom stereocenters. The summed E-state index contributed by atoms with van der Waals surface area (Å²) in [5.41, 5.74) is 0. The molecule has 0 aromatic rings. The molecule has 50 valence electrons. The average Bonchev–Trinajstić information content (AvgIpc) is 1.64. The zero-order valence-electron chi connectivity index (χ0n) is 5.07. The van der Waals surface area contributed by atoms with Crippen LogP contribution in [-0.2, 0) is 0 Å². The van der Waals surface area contributed by atoms with Gasteiger partial charge in [0.1, 0.15) is 6.10 Å². The third-order valence-electron chi connectivity index (χ3n) is 0.989. The van der Waals surface area contributed by atoms with E-state index in [1.807, 2.05) is 0 Å². The summed E-state index contributed by atoms with van der Waals surface area (Å²) < 4.78 is 0. The topological polar surface area (TPSA) is 60.7 Å². The summed E-state index contributed by atoms with van der Waals surface area (Å²) in [4.78, 5) is 0. The van der Waals surface area contributed by atoms with E-state index in [0.717, 1.165) is 0 Å². The summed E-state index contributed by atoms with van der Waals surface area (Å²) in [5, 5.41) is 25.3. The minimum absolute atomic E-state index is 0.102. The van der Waals surface area contributed by atoms with Crippen molar-refractivity contribution < 1.29 is 15.3 Å². The highest BCUT2D eigenvalue weighted by Gasteiger charge is 2.15. The molecule has 0 saturated carbocycles. The quantitative estimate of drug-likeness (QED) is 0.423. The van der Waals surface area contributed by atoms with Gasteiger partial charge in [0.2, 0.25) is 0 Å². The van der Waals surface area contributed by atoms with Gasteiger partial charge in [-0.15, -0.1) is 0 Å². The highest BCUT2D eigenvalue weighted by atomic mass is 16.5. The number of hydrogen-bond donors (Lipinski definition) is 3. The van der Waals surface area contributed by atoms with Crippen LogP contribution in [0.15, 0.2) is 0 Å². The molecule has 3 heteroatoms. The molecule has 0 fully saturated rings. The number of rotatable bonds is 2. The van der Waals surface area contributed by atoms with Crippen LogP contribution in [0.3, 0.4) is 0 Å². The molecule has 0 amide bonds. The van der Waals surface area contributed by atoms with Crippen molar-refractivity contribution in [2.75, 3.05) is 0 Å². The molecule has 0 aliphatic carbocycles. The minimum Gasteiger partial charge on any atom is -0.388 e. The minimum atomic E-state index is -1.60. The number of aliphatic hydroxyl groups is 3. The Hall–Kier alpha value is -0.120. The highest BCUT2D eigenvalue weighted by molar-refractivity contribution is 4.59. The van der Waals surface area contributed by atoms with E-state index >= 15 is 0 Å². The standard InChI is InChI=1S/C5H12O3/c1-3(2)4(6)5(7)8/h3-8H,1-2H3. The maximum atomic E-state index is 8.70. The van der Waals surface area contributed by atoms with Gasteiger partial charge < -0.3 is 15.3 Å². The van der Waals surface area contributed by atoms with Crippen LogP contribution < -0.4 is 0 Å². The van der Waals surface area contributed by atoms with Gasteiger partial charge in [-0.25, -0.2) is 0 Å². The molecule has 3 nitrogen and oxygen atoms in total. The van der Waals surface area contributed by atoms with Crippen LogP contribution in [0.4, 0.5) is 0 Å². The fourth-order valence-corrected chi connectivity index (χ4v) is 0.344. The van der Waals surface area contributed by atoms with E-state index in [1.165, 1.54) is 0 Å². The normalized spacial score (nSPS) is 15.4. The Bertz CT molecular complexity index is 52.7. The summed E-state index contributed by atoms with van der Waals surface area (Å²) in [6.07, 6.45) is -2.62. The van der Waals surface area contributed by atoms with Gasteiger partial charge in [0.15, 0.2) is 6.29 Å². The van der Waals surface area contributed by atoms with Crippen molar-refractivity contribution in [2.24, 2.45) is 5.92 Å². The highest BCUT2D eigenvalue weighted by Crippen LogP contribution is 2.02. The summed E-state index contributed by atoms with van der Waals surface area (Å²) in [7, 11) is 0. The fourth-order valence-electron chi connectivity index (χ4n) is 0.344. The molecule has 0 aromatic heterocycles. The van der Waals surface area contributed by atoms with Crippen molar-refractivity contribution in [3.8, 4) is 0 Å². The first-order chi connectivity index (χ1) is 3.55. The van der Waals surface area contributed by atoms with Gasteiger partial charge in [-0.1, -0.05) is 13.8 Å². The summed E-state index contributed by atoms with van der Waals surface area (Å²) in [6, 6.07) is 0. The SMILES string of the molecule is CC(C)C(O)C(O)O. The Morgan fingerprint density at radius 3 is 1.38 bits per heavy atom. The second-order valence-electron chi connectivity index (χ2n) is 2.15. The van der Waals surface area contributed by atoms with E-state index in [4.69, 9.17) is 15.3 Å². The monoisotopic (exact) mass is 120 g/mol. The third-order valence-corrected chi connectivity index (χ3v) is 0.989. The molecule has 0 aliphatic rings. The van der Waals surface area contributed by atoms with Gasteiger partial charge in [-0.05, 0) is 5.92 Å². The Kier molecular flexibility index (Phi) is 2.97. The first-order valence-electron chi connectivity index (χ1n) is 2.60. The lowest BCUT2D eigenvalue weighted by atomic mass is 10.1. The van der Waals surface area contributed by atoms with Crippen LogP contribution in [-0.4, -0.2) is 27.7 Å². The van der Waals surface area contributed by atoms with Crippen LogP contribution in [0.25, 0.3) is 0 Å². The van der Waals surface area contributed by atoms with Gasteiger partial charge in [0.25, 0.3) is 0 Å². The lowest BCUT2D eigenvalue weighted by molar-refractivity contribution is -0.136. The summed E-state index contributed by atoms with van der Waals surface area (Å²) >= 11 is 0. The molecule has 1 atom stereocenters. The van der Waals surface area contributed by atoms with Crippen LogP contribution in [0.1, 0.15) is 13.8 Å². The lowest BCUT2D eigenvalue weighted by Crippen LogP contribution is -2.29. The van der Waals surface area contributed by atoms with E-state index in [-0.39, 0.29) is 5.92 Å². The van der Waals surface area contributed by atoms with Crippen molar-refractivity contribution in [3.63, 3.8) is 0 Å². The zero-order valence-corrected chi connectivity index (χ0v) is 5.07. The fraction of sp³-hybridized carbons (Fsp3) is 1.00. The van der Waals surface area contributed by atoms with Crippen molar-refractivity contribution in [3.05, 3.63) is 0 Å². The van der Waals surface area contributed by atoms with Crippen LogP contribution >= 0.6 is 0 Å². The smallest absolute Gasteiger partial charge is 0.178 e. The molecule has 0 rings (SSSR count). The largest absolute Gasteiger partial charge is 0.388 e. The third kappa shape index (κ3) is 2.26. The van der Waals surface area contributed by atoms with Crippen LogP contribution in [0, 0.1) is 5.92 Å². The maximum absolute atomic E-state index is 8.70. The number of aliphatic hydroxyl groups excluding tert-OH is 2. The maximum Gasteiger partial charge on any atom is 0.178 e.